The minimum absolute atomic E-state index is 0.242. The van der Waals surface area contributed by atoms with Crippen LogP contribution in [0.3, 0.4) is 0 Å². The van der Waals surface area contributed by atoms with Crippen LogP contribution in [-0.2, 0) is 10.3 Å². The molecule has 0 radical (unpaired) electrons. The molecule has 0 N–H and O–H groups in total. The first kappa shape index (κ1) is 17.0. The summed E-state index contributed by atoms with van der Waals surface area (Å²) in [7, 11) is 0. The van der Waals surface area contributed by atoms with Crippen molar-refractivity contribution in [3.05, 3.63) is 59.9 Å². The van der Waals surface area contributed by atoms with Crippen molar-refractivity contribution in [2.24, 2.45) is 22.7 Å². The van der Waals surface area contributed by atoms with Gasteiger partial charge in [0.15, 0.2) is 0 Å². The molecule has 1 saturated heterocycles. The van der Waals surface area contributed by atoms with Gasteiger partial charge in [0.2, 0.25) is 0 Å². The van der Waals surface area contributed by atoms with Crippen LogP contribution in [-0.4, -0.2) is 6.61 Å². The maximum absolute atomic E-state index is 14.5. The third kappa shape index (κ3) is 2.23. The molecule has 2 aromatic rings. The summed E-state index contributed by atoms with van der Waals surface area (Å²) in [6.07, 6.45) is 7.51. The van der Waals surface area contributed by atoms with E-state index in [-0.39, 0.29) is 16.8 Å². The molecule has 1 heterocycles. The first-order chi connectivity index (χ1) is 13.6. The zero-order valence-electron chi connectivity index (χ0n) is 16.4. The van der Waals surface area contributed by atoms with Crippen molar-refractivity contribution in [1.29, 1.82) is 0 Å². The summed E-state index contributed by atoms with van der Waals surface area (Å²) in [4.78, 5) is 0. The molecular formula is C25H27FO2. The van der Waals surface area contributed by atoms with E-state index in [1.165, 1.54) is 38.2 Å². The molecule has 5 unspecified atom stereocenters. The number of halogens is 1. The van der Waals surface area contributed by atoms with Crippen LogP contribution >= 0.6 is 0 Å². The lowest BCUT2D eigenvalue weighted by Crippen LogP contribution is -2.46. The normalized spacial score (nSPS) is 39.6. The van der Waals surface area contributed by atoms with Crippen molar-refractivity contribution in [2.45, 2.75) is 51.0 Å². The topological polar surface area (TPSA) is 18.5 Å². The Balaban J connectivity index is 1.27. The Morgan fingerprint density at radius 3 is 2.64 bits per heavy atom. The lowest BCUT2D eigenvalue weighted by atomic mass is 9.60. The molecule has 2 aromatic carbocycles. The van der Waals surface area contributed by atoms with Crippen molar-refractivity contribution in [3.63, 3.8) is 0 Å². The fourth-order valence-electron chi connectivity index (χ4n) is 6.42. The highest BCUT2D eigenvalue weighted by molar-refractivity contribution is 5.45. The zero-order valence-corrected chi connectivity index (χ0v) is 16.4. The Kier molecular flexibility index (Phi) is 3.40. The molecule has 1 spiro atoms. The molecular weight excluding hydrogens is 351 g/mol. The number of para-hydroxylation sites is 1. The van der Waals surface area contributed by atoms with E-state index < -0.39 is 0 Å². The first-order valence-corrected chi connectivity index (χ1v) is 10.7. The third-order valence-electron chi connectivity index (χ3n) is 8.39. The summed E-state index contributed by atoms with van der Waals surface area (Å²) in [6.45, 7) is 3.21. The summed E-state index contributed by atoms with van der Waals surface area (Å²) >= 11 is 0. The number of hydrogen-bond acceptors (Lipinski definition) is 2. The van der Waals surface area contributed by atoms with E-state index in [0.29, 0.717) is 11.2 Å². The van der Waals surface area contributed by atoms with E-state index in [1.54, 1.807) is 6.07 Å². The Morgan fingerprint density at radius 2 is 1.93 bits per heavy atom. The molecule has 4 aliphatic rings. The predicted octanol–water partition coefficient (Wildman–Crippen LogP) is 6.45. The molecule has 3 aliphatic carbocycles. The van der Waals surface area contributed by atoms with E-state index in [2.05, 4.69) is 6.92 Å². The van der Waals surface area contributed by atoms with Crippen LogP contribution in [0.15, 0.2) is 48.5 Å². The Labute approximate surface area is 166 Å². The number of ether oxygens (including phenoxy) is 2. The smallest absolute Gasteiger partial charge is 0.130 e. The quantitative estimate of drug-likeness (QED) is 0.575. The lowest BCUT2D eigenvalue weighted by Gasteiger charge is -2.48. The first-order valence-electron chi connectivity index (χ1n) is 10.7. The largest absolute Gasteiger partial charge is 0.457 e. The lowest BCUT2D eigenvalue weighted by molar-refractivity contribution is -0.125. The van der Waals surface area contributed by atoms with Gasteiger partial charge in [-0.25, -0.2) is 4.39 Å². The van der Waals surface area contributed by atoms with E-state index in [9.17, 15) is 4.39 Å². The fourth-order valence-corrected chi connectivity index (χ4v) is 6.42. The highest BCUT2D eigenvalue weighted by atomic mass is 19.1. The number of benzene rings is 2. The van der Waals surface area contributed by atoms with E-state index in [4.69, 9.17) is 9.47 Å². The van der Waals surface area contributed by atoms with Gasteiger partial charge in [0.25, 0.3) is 0 Å². The second kappa shape index (κ2) is 5.60. The van der Waals surface area contributed by atoms with Crippen LogP contribution in [0.4, 0.5) is 4.39 Å². The third-order valence-corrected chi connectivity index (χ3v) is 8.39. The van der Waals surface area contributed by atoms with Crippen LogP contribution in [0.1, 0.15) is 51.0 Å². The minimum Gasteiger partial charge on any atom is -0.457 e. The molecule has 1 aliphatic heterocycles. The van der Waals surface area contributed by atoms with Gasteiger partial charge in [-0.15, -0.1) is 0 Å². The van der Waals surface area contributed by atoms with Crippen LogP contribution in [0, 0.1) is 28.5 Å². The average Bonchev–Trinajstić information content (AvgIpc) is 3.54. The molecule has 4 fully saturated rings. The standard InChI is InChI=1S/C25H27FO2/c1-17-11-18(17)7-8-23-15-24(23)9-10-25(24,27-16-23)19-12-20(26)14-22(13-19)28-21-5-3-2-4-6-21/h2-6,12-14,17-18H,7-11,15-16H2,1H3. The molecule has 3 heteroatoms. The summed E-state index contributed by atoms with van der Waals surface area (Å²) in [5, 5.41) is 0. The second-order valence-electron chi connectivity index (χ2n) is 9.76. The summed E-state index contributed by atoms with van der Waals surface area (Å²) < 4.78 is 26.9. The minimum atomic E-state index is -0.293. The predicted molar refractivity (Wildman–Crippen MR) is 106 cm³/mol. The summed E-state index contributed by atoms with van der Waals surface area (Å²) in [5.41, 5.74) is 1.28. The van der Waals surface area contributed by atoms with Crippen LogP contribution in [0.2, 0.25) is 0 Å². The molecule has 6 rings (SSSR count). The highest BCUT2D eigenvalue weighted by Gasteiger charge is 2.84. The van der Waals surface area contributed by atoms with E-state index >= 15 is 0 Å². The average molecular weight is 378 g/mol. The molecule has 28 heavy (non-hydrogen) atoms. The summed E-state index contributed by atoms with van der Waals surface area (Å²) in [6, 6.07) is 14.7. The maximum Gasteiger partial charge on any atom is 0.130 e. The van der Waals surface area contributed by atoms with Gasteiger partial charge in [0.05, 0.1) is 12.2 Å². The zero-order chi connectivity index (χ0) is 19.0. The highest BCUT2D eigenvalue weighted by Crippen LogP contribution is 2.87. The number of hydrogen-bond donors (Lipinski definition) is 0. The van der Waals surface area contributed by atoms with Gasteiger partial charge in [-0.2, -0.15) is 0 Å². The van der Waals surface area contributed by atoms with Crippen molar-refractivity contribution >= 4 is 0 Å². The molecule has 3 saturated carbocycles. The van der Waals surface area contributed by atoms with Crippen molar-refractivity contribution in [1.82, 2.24) is 0 Å². The van der Waals surface area contributed by atoms with Gasteiger partial charge in [-0.3, -0.25) is 0 Å². The molecule has 5 atom stereocenters. The fraction of sp³-hybridized carbons (Fsp3) is 0.520. The van der Waals surface area contributed by atoms with Gasteiger partial charge in [-0.1, -0.05) is 25.1 Å². The molecule has 0 amide bonds. The van der Waals surface area contributed by atoms with Crippen molar-refractivity contribution < 1.29 is 13.9 Å². The van der Waals surface area contributed by atoms with Crippen LogP contribution < -0.4 is 4.74 Å². The monoisotopic (exact) mass is 378 g/mol. The van der Waals surface area contributed by atoms with Crippen molar-refractivity contribution in [3.8, 4) is 11.5 Å². The van der Waals surface area contributed by atoms with Gasteiger partial charge in [0.1, 0.15) is 17.3 Å². The van der Waals surface area contributed by atoms with Gasteiger partial charge in [-0.05, 0) is 80.2 Å². The van der Waals surface area contributed by atoms with Gasteiger partial charge >= 0.3 is 0 Å². The Bertz CT molecular complexity index is 923. The van der Waals surface area contributed by atoms with Crippen LogP contribution in [0.25, 0.3) is 0 Å². The van der Waals surface area contributed by atoms with Crippen molar-refractivity contribution in [2.75, 3.05) is 6.61 Å². The van der Waals surface area contributed by atoms with E-state index in [1.807, 2.05) is 36.4 Å². The SMILES string of the molecule is CC1CC1CCC12COC3(c4cc(F)cc(Oc5ccccc5)c4)CCC13C2. The Morgan fingerprint density at radius 1 is 1.11 bits per heavy atom. The molecule has 2 nitrogen and oxygen atoms in total. The Hall–Kier alpha value is -1.87. The second-order valence-corrected chi connectivity index (χ2v) is 9.76. The maximum atomic E-state index is 14.5. The molecule has 0 bridgehead atoms. The molecule has 0 aromatic heterocycles. The number of rotatable bonds is 6. The molecule has 146 valence electrons. The van der Waals surface area contributed by atoms with E-state index in [0.717, 1.165) is 36.2 Å². The summed E-state index contributed by atoms with van der Waals surface area (Å²) in [5.74, 6) is 2.90. The van der Waals surface area contributed by atoms with Gasteiger partial charge in [0, 0.05) is 16.9 Å². The van der Waals surface area contributed by atoms with Gasteiger partial charge < -0.3 is 9.47 Å². The van der Waals surface area contributed by atoms with Crippen LogP contribution in [0.5, 0.6) is 11.5 Å².